The van der Waals surface area contributed by atoms with E-state index in [0.29, 0.717) is 6.61 Å². The number of nitrogens with one attached hydrogen (secondary N) is 2. The number of methoxy groups -OCH3 is 1. The molecule has 0 aromatic heterocycles. The lowest BCUT2D eigenvalue weighted by Crippen LogP contribution is -2.59. The molecule has 0 fully saturated rings. The van der Waals surface area contributed by atoms with Crippen LogP contribution < -0.4 is 10.6 Å². The smallest absolute Gasteiger partial charge is 0.328 e. The Balaban J connectivity index is 1.55. The SMILES string of the molecule is COC(=O)[C@H](Cc1ccccc1)NC(=O)[C@@H](COCc1ccccc1)NC(c1ccccc1)(c1ccccc1)c1ccccc1. The van der Waals surface area contributed by atoms with Gasteiger partial charge in [-0.05, 0) is 27.8 Å². The molecule has 2 N–H and O–H groups in total. The summed E-state index contributed by atoms with van der Waals surface area (Å²) in [7, 11) is 1.33. The van der Waals surface area contributed by atoms with Crippen LogP contribution in [0.5, 0.6) is 0 Å². The molecule has 0 aliphatic carbocycles. The summed E-state index contributed by atoms with van der Waals surface area (Å²) in [5, 5.41) is 6.73. The summed E-state index contributed by atoms with van der Waals surface area (Å²) < 4.78 is 11.3. The fourth-order valence-electron chi connectivity index (χ4n) is 5.59. The Morgan fingerprint density at radius 1 is 0.600 bits per heavy atom. The second kappa shape index (κ2) is 15.6. The van der Waals surface area contributed by atoms with Crippen LogP contribution in [0.3, 0.4) is 0 Å². The molecule has 0 aliphatic heterocycles. The van der Waals surface area contributed by atoms with Gasteiger partial charge < -0.3 is 14.8 Å². The zero-order valence-corrected chi connectivity index (χ0v) is 25.3. The number of carbonyl (C=O) groups is 2. The summed E-state index contributed by atoms with van der Waals surface area (Å²) in [4.78, 5) is 27.3. The van der Waals surface area contributed by atoms with E-state index in [9.17, 15) is 9.59 Å². The number of esters is 1. The normalized spacial score (nSPS) is 12.6. The molecule has 228 valence electrons. The molecule has 0 saturated heterocycles. The fraction of sp³-hybridized carbons (Fsp3) is 0.179. The second-order valence-electron chi connectivity index (χ2n) is 10.8. The van der Waals surface area contributed by atoms with Crippen molar-refractivity contribution in [3.8, 4) is 0 Å². The monoisotopic (exact) mass is 598 g/mol. The average Bonchev–Trinajstić information content (AvgIpc) is 3.11. The van der Waals surface area contributed by atoms with Crippen LogP contribution in [0.25, 0.3) is 0 Å². The van der Waals surface area contributed by atoms with Crippen molar-refractivity contribution in [3.63, 3.8) is 0 Å². The highest BCUT2D eigenvalue weighted by Gasteiger charge is 2.40. The quantitative estimate of drug-likeness (QED) is 0.120. The van der Waals surface area contributed by atoms with Crippen molar-refractivity contribution < 1.29 is 19.1 Å². The van der Waals surface area contributed by atoms with Crippen molar-refractivity contribution in [2.24, 2.45) is 0 Å². The molecule has 6 heteroatoms. The molecule has 1 amide bonds. The van der Waals surface area contributed by atoms with Gasteiger partial charge in [-0.25, -0.2) is 4.79 Å². The van der Waals surface area contributed by atoms with Gasteiger partial charge in [-0.15, -0.1) is 0 Å². The standard InChI is InChI=1S/C39H38N2O4/c1-44-38(43)35(27-30-17-7-2-8-18-30)40-37(42)36(29-45-28-31-19-9-3-10-20-31)41-39(32-21-11-4-12-22-32,33-23-13-5-14-24-33)34-25-15-6-16-26-34/h2-26,35-36,41H,27-29H2,1H3,(H,40,42)/t35-,36+/m0/s1. The Morgan fingerprint density at radius 2 is 1.02 bits per heavy atom. The molecule has 6 nitrogen and oxygen atoms in total. The molecule has 0 saturated carbocycles. The Hall–Kier alpha value is -5.04. The molecule has 0 radical (unpaired) electrons. The fourth-order valence-corrected chi connectivity index (χ4v) is 5.59. The maximum Gasteiger partial charge on any atom is 0.328 e. The maximum atomic E-state index is 14.3. The van der Waals surface area contributed by atoms with Gasteiger partial charge in [-0.2, -0.15) is 0 Å². The summed E-state index contributed by atoms with van der Waals surface area (Å²) in [6.45, 7) is 0.375. The van der Waals surface area contributed by atoms with Crippen LogP contribution >= 0.6 is 0 Å². The lowest BCUT2D eigenvalue weighted by atomic mass is 9.76. The zero-order chi connectivity index (χ0) is 31.3. The zero-order valence-electron chi connectivity index (χ0n) is 25.3. The van der Waals surface area contributed by atoms with E-state index in [1.54, 1.807) is 0 Å². The molecule has 0 unspecified atom stereocenters. The number of rotatable bonds is 14. The number of benzene rings is 5. The largest absolute Gasteiger partial charge is 0.467 e. The number of ether oxygens (including phenoxy) is 2. The third kappa shape index (κ3) is 7.92. The molecule has 0 aliphatic rings. The van der Waals surface area contributed by atoms with Crippen molar-refractivity contribution >= 4 is 11.9 Å². The van der Waals surface area contributed by atoms with Crippen molar-refractivity contribution in [1.82, 2.24) is 10.6 Å². The molecule has 0 spiro atoms. The van der Waals surface area contributed by atoms with Crippen LogP contribution in [0.15, 0.2) is 152 Å². The molecule has 45 heavy (non-hydrogen) atoms. The molecule has 2 atom stereocenters. The molecule has 5 aromatic rings. The predicted molar refractivity (Wildman–Crippen MR) is 176 cm³/mol. The van der Waals surface area contributed by atoms with E-state index in [1.165, 1.54) is 7.11 Å². The minimum Gasteiger partial charge on any atom is -0.467 e. The van der Waals surface area contributed by atoms with Crippen molar-refractivity contribution in [3.05, 3.63) is 179 Å². The van der Waals surface area contributed by atoms with Crippen molar-refractivity contribution in [2.75, 3.05) is 13.7 Å². The lowest BCUT2D eigenvalue weighted by molar-refractivity contribution is -0.145. The highest BCUT2D eigenvalue weighted by atomic mass is 16.5. The van der Waals surface area contributed by atoms with Crippen LogP contribution in [-0.2, 0) is 37.6 Å². The van der Waals surface area contributed by atoms with Gasteiger partial charge in [0.05, 0.1) is 25.9 Å². The van der Waals surface area contributed by atoms with E-state index in [1.807, 2.05) is 115 Å². The first-order valence-corrected chi connectivity index (χ1v) is 15.1. The highest BCUT2D eigenvalue weighted by Crippen LogP contribution is 2.37. The first kappa shape index (κ1) is 31.4. The summed E-state index contributed by atoms with van der Waals surface area (Å²) in [6, 6.07) is 47.9. The Morgan fingerprint density at radius 3 is 1.47 bits per heavy atom. The van der Waals surface area contributed by atoms with E-state index < -0.39 is 23.6 Å². The van der Waals surface area contributed by atoms with E-state index in [2.05, 4.69) is 47.0 Å². The van der Waals surface area contributed by atoms with Crippen LogP contribution in [0.2, 0.25) is 0 Å². The third-order valence-electron chi connectivity index (χ3n) is 7.81. The van der Waals surface area contributed by atoms with Gasteiger partial charge in [0.25, 0.3) is 0 Å². The minimum atomic E-state index is -0.928. The molecule has 5 aromatic carbocycles. The molecule has 5 rings (SSSR count). The maximum absolute atomic E-state index is 14.3. The average molecular weight is 599 g/mol. The topological polar surface area (TPSA) is 76.7 Å². The molecular formula is C39H38N2O4. The second-order valence-corrected chi connectivity index (χ2v) is 10.8. The first-order valence-electron chi connectivity index (χ1n) is 15.1. The van der Waals surface area contributed by atoms with E-state index in [0.717, 1.165) is 27.8 Å². The first-order chi connectivity index (χ1) is 22.1. The Kier molecular flexibility index (Phi) is 10.9. The van der Waals surface area contributed by atoms with Gasteiger partial charge in [0.15, 0.2) is 0 Å². The van der Waals surface area contributed by atoms with Gasteiger partial charge in [0.2, 0.25) is 5.91 Å². The Labute approximate surface area is 265 Å². The lowest BCUT2D eigenvalue weighted by Gasteiger charge is -2.40. The van der Waals surface area contributed by atoms with Gasteiger partial charge in [-0.3, -0.25) is 10.1 Å². The minimum absolute atomic E-state index is 0.0498. The van der Waals surface area contributed by atoms with Crippen LogP contribution in [0.1, 0.15) is 27.8 Å². The summed E-state index contributed by atoms with van der Waals surface area (Å²) >= 11 is 0. The van der Waals surface area contributed by atoms with E-state index in [4.69, 9.17) is 9.47 Å². The van der Waals surface area contributed by atoms with Crippen molar-refractivity contribution in [1.29, 1.82) is 0 Å². The van der Waals surface area contributed by atoms with Gasteiger partial charge in [-0.1, -0.05) is 152 Å². The predicted octanol–water partition coefficient (Wildman–Crippen LogP) is 6.05. The number of amides is 1. The molecular weight excluding hydrogens is 560 g/mol. The number of carbonyl (C=O) groups excluding carboxylic acids is 2. The van der Waals surface area contributed by atoms with Crippen molar-refractivity contribution in [2.45, 2.75) is 30.7 Å². The molecule has 0 heterocycles. The Bertz CT molecular complexity index is 1520. The van der Waals surface area contributed by atoms with Crippen LogP contribution in [0.4, 0.5) is 0 Å². The van der Waals surface area contributed by atoms with E-state index in [-0.39, 0.29) is 18.9 Å². The van der Waals surface area contributed by atoms with Gasteiger partial charge in [0, 0.05) is 6.42 Å². The molecule has 0 bridgehead atoms. The number of hydrogen-bond donors (Lipinski definition) is 2. The van der Waals surface area contributed by atoms with E-state index >= 15 is 0 Å². The van der Waals surface area contributed by atoms with Crippen LogP contribution in [0, 0.1) is 0 Å². The number of hydrogen-bond acceptors (Lipinski definition) is 5. The van der Waals surface area contributed by atoms with Crippen LogP contribution in [-0.4, -0.2) is 37.7 Å². The highest BCUT2D eigenvalue weighted by molar-refractivity contribution is 5.88. The summed E-state index contributed by atoms with van der Waals surface area (Å²) in [5.74, 6) is -0.891. The third-order valence-corrected chi connectivity index (χ3v) is 7.81. The summed E-state index contributed by atoms with van der Waals surface area (Å²) in [5.41, 5.74) is 3.84. The van der Waals surface area contributed by atoms with Gasteiger partial charge >= 0.3 is 5.97 Å². The summed E-state index contributed by atoms with van der Waals surface area (Å²) in [6.07, 6.45) is 0.290. The van der Waals surface area contributed by atoms with Gasteiger partial charge in [0.1, 0.15) is 12.1 Å².